The van der Waals surface area contributed by atoms with Crippen molar-refractivity contribution in [1.82, 2.24) is 0 Å². The van der Waals surface area contributed by atoms with Crippen LogP contribution in [0.5, 0.6) is 5.75 Å². The van der Waals surface area contributed by atoms with Crippen molar-refractivity contribution >= 4 is 10.1 Å². The predicted octanol–water partition coefficient (Wildman–Crippen LogP) is 4.87. The molecule has 226 valence electrons. The molecule has 2 fully saturated rings. The van der Waals surface area contributed by atoms with Gasteiger partial charge in [0.25, 0.3) is 0 Å². The van der Waals surface area contributed by atoms with Gasteiger partial charge < -0.3 is 28.4 Å². The van der Waals surface area contributed by atoms with Gasteiger partial charge in [-0.3, -0.25) is 0 Å². The van der Waals surface area contributed by atoms with E-state index in [4.69, 9.17) is 28.4 Å². The maximum Gasteiger partial charge on any atom is 0.523 e. The summed E-state index contributed by atoms with van der Waals surface area (Å²) in [7, 11) is -4.53. The van der Waals surface area contributed by atoms with Crippen LogP contribution in [0.4, 0.5) is 13.2 Å². The van der Waals surface area contributed by atoms with E-state index in [0.29, 0.717) is 22.4 Å². The third kappa shape index (κ3) is 7.11. The maximum absolute atomic E-state index is 13.4. The first kappa shape index (κ1) is 30.4. The summed E-state index contributed by atoms with van der Waals surface area (Å²) in [6.45, 7) is -0.245. The zero-order valence-corrected chi connectivity index (χ0v) is 23.2. The van der Waals surface area contributed by atoms with Crippen molar-refractivity contribution in [3.05, 3.63) is 102 Å². The number of alkyl halides is 3. The van der Waals surface area contributed by atoms with E-state index in [1.54, 1.807) is 78.9 Å². The molecule has 0 spiro atoms. The summed E-state index contributed by atoms with van der Waals surface area (Å²) in [6, 6.07) is 24.8. The molecule has 2 aliphatic heterocycles. The van der Waals surface area contributed by atoms with Gasteiger partial charge in [0.2, 0.25) is 6.29 Å². The highest BCUT2D eigenvalue weighted by molar-refractivity contribution is 7.87. The minimum Gasteiger partial charge on any atom is -0.497 e. The van der Waals surface area contributed by atoms with Gasteiger partial charge in [0.15, 0.2) is 6.29 Å². The van der Waals surface area contributed by atoms with Gasteiger partial charge in [-0.05, 0) is 23.3 Å². The first-order valence-electron chi connectivity index (χ1n) is 13.0. The highest BCUT2D eigenvalue weighted by Crippen LogP contribution is 2.39. The molecule has 42 heavy (non-hydrogen) atoms. The molecule has 0 N–H and O–H groups in total. The maximum atomic E-state index is 13.4. The molecular formula is C29H29F3O9S. The lowest BCUT2D eigenvalue weighted by Crippen LogP contribution is -2.64. The molecule has 0 saturated carbocycles. The van der Waals surface area contributed by atoms with Crippen LogP contribution in [0.2, 0.25) is 0 Å². The van der Waals surface area contributed by atoms with Crippen LogP contribution in [0, 0.1) is 0 Å². The monoisotopic (exact) mass is 610 g/mol. The first-order valence-corrected chi connectivity index (χ1v) is 14.4. The second-order valence-corrected chi connectivity index (χ2v) is 11.2. The van der Waals surface area contributed by atoms with E-state index < -0.39 is 52.6 Å². The van der Waals surface area contributed by atoms with Crippen LogP contribution in [0.1, 0.15) is 23.0 Å². The number of hydrogen-bond acceptors (Lipinski definition) is 9. The van der Waals surface area contributed by atoms with Crippen LogP contribution in [-0.2, 0) is 51.2 Å². The number of halogens is 3. The lowest BCUT2D eigenvalue weighted by atomic mass is 9.97. The largest absolute Gasteiger partial charge is 0.523 e. The van der Waals surface area contributed by atoms with Crippen molar-refractivity contribution in [1.29, 1.82) is 0 Å². The van der Waals surface area contributed by atoms with Crippen molar-refractivity contribution in [3.8, 4) is 5.75 Å². The van der Waals surface area contributed by atoms with Gasteiger partial charge in [-0.25, -0.2) is 4.18 Å². The van der Waals surface area contributed by atoms with Crippen LogP contribution in [0.3, 0.4) is 0 Å². The van der Waals surface area contributed by atoms with E-state index in [0.717, 1.165) is 0 Å². The zero-order valence-electron chi connectivity index (χ0n) is 22.4. The molecule has 0 radical (unpaired) electrons. The van der Waals surface area contributed by atoms with Crippen LogP contribution in [0.25, 0.3) is 0 Å². The molecule has 0 bridgehead atoms. The van der Waals surface area contributed by atoms with Crippen LogP contribution in [-0.4, -0.2) is 58.3 Å². The number of hydrogen-bond donors (Lipinski definition) is 0. The molecule has 0 amide bonds. The Kier molecular flexibility index (Phi) is 9.47. The number of ether oxygens (including phenoxy) is 6. The van der Waals surface area contributed by atoms with Crippen LogP contribution >= 0.6 is 0 Å². The van der Waals surface area contributed by atoms with E-state index in [-0.39, 0.29) is 19.8 Å². The van der Waals surface area contributed by atoms with Crippen molar-refractivity contribution < 1.29 is 54.2 Å². The van der Waals surface area contributed by atoms with Gasteiger partial charge >= 0.3 is 15.6 Å². The summed E-state index contributed by atoms with van der Waals surface area (Å²) in [6.07, 6.45) is -7.38. The highest BCUT2D eigenvalue weighted by atomic mass is 32.2. The standard InChI is InChI=1S/C29H29F3O9S/c1-35-22-14-12-20(13-15-22)17-36-25-24-23(18-38-27(40-24)21-10-6-3-7-11-21)39-28(41-42(33,34)29(30,31)32)26(25)37-16-19-8-4-2-5-9-19/h2-15,23-28H,16-18H2,1H3/t23-,24-,25+,26+,27?,28-/m1/s1. The lowest BCUT2D eigenvalue weighted by molar-refractivity contribution is -0.361. The number of methoxy groups -OCH3 is 1. The predicted molar refractivity (Wildman–Crippen MR) is 141 cm³/mol. The molecule has 3 aromatic carbocycles. The quantitative estimate of drug-likeness (QED) is 0.235. The molecule has 0 aromatic heterocycles. The fourth-order valence-electron chi connectivity index (χ4n) is 4.63. The Balaban J connectivity index is 1.47. The third-order valence-corrected chi connectivity index (χ3v) is 7.76. The Morgan fingerprint density at radius 3 is 2.02 bits per heavy atom. The second-order valence-electron chi connectivity index (χ2n) is 9.60. The topological polar surface area (TPSA) is 98.8 Å². The van der Waals surface area contributed by atoms with Gasteiger partial charge in [0.05, 0.1) is 26.9 Å². The van der Waals surface area contributed by atoms with E-state index in [1.807, 2.05) is 6.07 Å². The highest BCUT2D eigenvalue weighted by Gasteiger charge is 2.56. The fraction of sp³-hybridized carbons (Fsp3) is 0.379. The Morgan fingerprint density at radius 2 is 1.40 bits per heavy atom. The molecule has 9 nitrogen and oxygen atoms in total. The molecule has 2 saturated heterocycles. The number of rotatable bonds is 10. The lowest BCUT2D eigenvalue weighted by Gasteiger charge is -2.48. The molecule has 2 heterocycles. The number of benzene rings is 3. The molecule has 0 aliphatic carbocycles. The minimum atomic E-state index is -6.06. The average molecular weight is 611 g/mol. The summed E-state index contributed by atoms with van der Waals surface area (Å²) in [5, 5.41) is 0. The molecule has 13 heteroatoms. The fourth-order valence-corrected chi connectivity index (χ4v) is 5.14. The summed E-state index contributed by atoms with van der Waals surface area (Å²) in [4.78, 5) is 0. The van der Waals surface area contributed by atoms with Crippen LogP contribution < -0.4 is 4.74 Å². The van der Waals surface area contributed by atoms with E-state index >= 15 is 0 Å². The van der Waals surface area contributed by atoms with Crippen molar-refractivity contribution in [2.45, 2.75) is 55.7 Å². The first-order chi connectivity index (χ1) is 20.1. The molecule has 6 atom stereocenters. The van der Waals surface area contributed by atoms with E-state index in [1.165, 1.54) is 7.11 Å². The summed E-state index contributed by atoms with van der Waals surface area (Å²) < 4.78 is 104. The van der Waals surface area contributed by atoms with Gasteiger partial charge in [0, 0.05) is 5.56 Å². The zero-order chi connectivity index (χ0) is 29.7. The minimum absolute atomic E-state index is 0.0119. The Morgan fingerprint density at radius 1 is 0.810 bits per heavy atom. The molecular weight excluding hydrogens is 581 g/mol. The Hall–Kier alpha value is -3.04. The summed E-state index contributed by atoms with van der Waals surface area (Å²) in [5.41, 5.74) is -3.59. The van der Waals surface area contributed by atoms with Crippen molar-refractivity contribution in [2.75, 3.05) is 13.7 Å². The molecule has 2 aliphatic rings. The van der Waals surface area contributed by atoms with Gasteiger partial charge in [0.1, 0.15) is 30.2 Å². The normalized spacial score (nSPS) is 26.4. The smallest absolute Gasteiger partial charge is 0.497 e. The van der Waals surface area contributed by atoms with Gasteiger partial charge in [-0.2, -0.15) is 21.6 Å². The number of fused-ring (bicyclic) bond motifs is 1. The Labute approximate surface area is 241 Å². The second kappa shape index (κ2) is 13.1. The van der Waals surface area contributed by atoms with Crippen molar-refractivity contribution in [2.24, 2.45) is 0 Å². The Bertz CT molecular complexity index is 1390. The average Bonchev–Trinajstić information content (AvgIpc) is 2.99. The SMILES string of the molecule is COc1ccc(CO[C@@H]2[C@H](OCc3ccccc3)[C@@H](OS(=O)(=O)C(F)(F)F)O[C@@H]3COC(c4ccccc4)O[C@@H]23)cc1. The molecule has 3 aromatic rings. The van der Waals surface area contributed by atoms with Crippen LogP contribution in [0.15, 0.2) is 84.9 Å². The molecule has 5 rings (SSSR count). The molecule has 1 unspecified atom stereocenters. The van der Waals surface area contributed by atoms with E-state index in [2.05, 4.69) is 4.18 Å². The third-order valence-electron chi connectivity index (χ3n) is 6.75. The van der Waals surface area contributed by atoms with Gasteiger partial charge in [-0.15, -0.1) is 0 Å². The van der Waals surface area contributed by atoms with Gasteiger partial charge in [-0.1, -0.05) is 72.8 Å². The van der Waals surface area contributed by atoms with E-state index in [9.17, 15) is 21.6 Å². The summed E-state index contributed by atoms with van der Waals surface area (Å²) in [5.74, 6) is 0.623. The summed E-state index contributed by atoms with van der Waals surface area (Å²) >= 11 is 0. The van der Waals surface area contributed by atoms with Crippen molar-refractivity contribution in [3.63, 3.8) is 0 Å².